The van der Waals surface area contributed by atoms with Gasteiger partial charge in [-0.3, -0.25) is 0 Å². The Kier molecular flexibility index (Phi) is 4.83. The van der Waals surface area contributed by atoms with Crippen molar-refractivity contribution in [1.82, 2.24) is 0 Å². The van der Waals surface area contributed by atoms with Crippen molar-refractivity contribution in [2.75, 3.05) is 11.9 Å². The van der Waals surface area contributed by atoms with Crippen LogP contribution in [0.3, 0.4) is 0 Å². The van der Waals surface area contributed by atoms with Crippen LogP contribution in [0.1, 0.15) is 24.2 Å². The molecule has 104 valence electrons. The Morgan fingerprint density at radius 3 is 2.40 bits per heavy atom. The highest BCUT2D eigenvalue weighted by molar-refractivity contribution is 6.30. The van der Waals surface area contributed by atoms with Crippen LogP contribution < -0.4 is 10.6 Å². The lowest BCUT2D eigenvalue weighted by Gasteiger charge is -2.28. The summed E-state index contributed by atoms with van der Waals surface area (Å²) >= 11 is 5.92. The average molecular weight is 287 g/mol. The molecule has 0 amide bonds. The molecule has 2 rings (SSSR count). The molecule has 0 saturated heterocycles. The second-order valence-electron chi connectivity index (χ2n) is 4.66. The van der Waals surface area contributed by atoms with Crippen LogP contribution in [-0.4, -0.2) is 7.05 Å². The first-order valence-corrected chi connectivity index (χ1v) is 6.97. The van der Waals surface area contributed by atoms with Crippen molar-refractivity contribution in [3.8, 4) is 0 Å². The van der Waals surface area contributed by atoms with Gasteiger partial charge in [-0.05, 0) is 42.3 Å². The van der Waals surface area contributed by atoms with Gasteiger partial charge in [-0.25, -0.2) is 0 Å². The quantitative estimate of drug-likeness (QED) is 0.841. The Labute approximate surface area is 125 Å². The summed E-state index contributed by atoms with van der Waals surface area (Å²) < 4.78 is 0. The van der Waals surface area contributed by atoms with E-state index in [0.29, 0.717) is 0 Å². The molecule has 0 spiro atoms. The monoisotopic (exact) mass is 286 g/mol. The van der Waals surface area contributed by atoms with Gasteiger partial charge in [0.2, 0.25) is 0 Å². The van der Waals surface area contributed by atoms with Crippen molar-refractivity contribution in [1.29, 1.82) is 0 Å². The van der Waals surface area contributed by atoms with E-state index < -0.39 is 0 Å². The lowest BCUT2D eigenvalue weighted by Crippen LogP contribution is -2.31. The highest BCUT2D eigenvalue weighted by Crippen LogP contribution is 2.26. The summed E-state index contributed by atoms with van der Waals surface area (Å²) in [4.78, 5) is 2.04. The fraction of sp³-hybridized carbons (Fsp3) is 0.176. The molecule has 0 aliphatic heterocycles. The zero-order valence-electron chi connectivity index (χ0n) is 11.8. The Bertz CT molecular complexity index is 590. The fourth-order valence-electron chi connectivity index (χ4n) is 2.16. The summed E-state index contributed by atoms with van der Waals surface area (Å²) in [6, 6.07) is 15.9. The van der Waals surface area contributed by atoms with Gasteiger partial charge in [-0.15, -0.1) is 0 Å². The van der Waals surface area contributed by atoms with Gasteiger partial charge in [0.15, 0.2) is 0 Å². The molecule has 0 bridgehead atoms. The van der Waals surface area contributed by atoms with Gasteiger partial charge in [0.1, 0.15) is 6.17 Å². The van der Waals surface area contributed by atoms with Crippen LogP contribution in [0, 0.1) is 0 Å². The van der Waals surface area contributed by atoms with Gasteiger partial charge in [-0.2, -0.15) is 0 Å². The first-order chi connectivity index (χ1) is 9.63. The van der Waals surface area contributed by atoms with E-state index in [1.165, 1.54) is 0 Å². The summed E-state index contributed by atoms with van der Waals surface area (Å²) in [5.74, 6) is 0. The molecule has 1 unspecified atom stereocenters. The zero-order chi connectivity index (χ0) is 14.5. The van der Waals surface area contributed by atoms with Gasteiger partial charge in [-0.1, -0.05) is 48.0 Å². The number of anilines is 1. The SMILES string of the molecule is CC=Cc1ccccc1C(N)N(C)c1ccc(Cl)cc1. The van der Waals surface area contributed by atoms with Gasteiger partial charge in [0.05, 0.1) is 0 Å². The molecule has 0 saturated carbocycles. The summed E-state index contributed by atoms with van der Waals surface area (Å²) in [7, 11) is 1.99. The van der Waals surface area contributed by atoms with Crippen LogP contribution in [0.15, 0.2) is 54.6 Å². The third-order valence-electron chi connectivity index (χ3n) is 3.31. The Balaban J connectivity index is 2.31. The smallest absolute Gasteiger partial charge is 0.103 e. The Morgan fingerprint density at radius 1 is 1.10 bits per heavy atom. The van der Waals surface area contributed by atoms with E-state index in [0.717, 1.165) is 21.8 Å². The minimum atomic E-state index is -0.205. The first-order valence-electron chi connectivity index (χ1n) is 6.59. The summed E-state index contributed by atoms with van der Waals surface area (Å²) in [5, 5.41) is 0.727. The van der Waals surface area contributed by atoms with Crippen LogP contribution in [0.4, 0.5) is 5.69 Å². The standard InChI is InChI=1S/C17H19ClN2/c1-3-6-13-7-4-5-8-16(13)17(19)20(2)15-11-9-14(18)10-12-15/h3-12,17H,19H2,1-2H3. The minimum Gasteiger partial charge on any atom is -0.355 e. The minimum absolute atomic E-state index is 0.205. The molecule has 3 heteroatoms. The number of benzene rings is 2. The lowest BCUT2D eigenvalue weighted by atomic mass is 10.0. The topological polar surface area (TPSA) is 29.3 Å². The van der Waals surface area contributed by atoms with E-state index >= 15 is 0 Å². The molecule has 2 aromatic rings. The first kappa shape index (κ1) is 14.6. The average Bonchev–Trinajstić information content (AvgIpc) is 2.47. The highest BCUT2D eigenvalue weighted by Gasteiger charge is 2.14. The summed E-state index contributed by atoms with van der Waals surface area (Å²) in [6.07, 6.45) is 3.89. The van der Waals surface area contributed by atoms with Crippen molar-refractivity contribution >= 4 is 23.4 Å². The number of hydrogen-bond acceptors (Lipinski definition) is 2. The molecular weight excluding hydrogens is 268 g/mol. The maximum atomic E-state index is 6.40. The van der Waals surface area contributed by atoms with Crippen LogP contribution in [0.25, 0.3) is 6.08 Å². The van der Waals surface area contributed by atoms with Gasteiger partial charge in [0, 0.05) is 17.8 Å². The van der Waals surface area contributed by atoms with Gasteiger partial charge < -0.3 is 10.6 Å². The molecule has 0 aromatic heterocycles. The highest BCUT2D eigenvalue weighted by atomic mass is 35.5. The number of allylic oxidation sites excluding steroid dienone is 1. The van der Waals surface area contributed by atoms with Crippen molar-refractivity contribution in [2.24, 2.45) is 5.73 Å². The normalized spacial score (nSPS) is 12.6. The fourth-order valence-corrected chi connectivity index (χ4v) is 2.28. The number of rotatable bonds is 4. The maximum absolute atomic E-state index is 6.40. The molecule has 2 nitrogen and oxygen atoms in total. The molecule has 0 aliphatic carbocycles. The van der Waals surface area contributed by atoms with Crippen LogP contribution >= 0.6 is 11.6 Å². The van der Waals surface area contributed by atoms with E-state index in [1.54, 1.807) is 0 Å². The van der Waals surface area contributed by atoms with Crippen molar-refractivity contribution in [2.45, 2.75) is 13.1 Å². The molecule has 2 aromatic carbocycles. The predicted molar refractivity (Wildman–Crippen MR) is 87.9 cm³/mol. The molecule has 1 atom stereocenters. The second kappa shape index (κ2) is 6.60. The van der Waals surface area contributed by atoms with E-state index in [1.807, 2.05) is 61.3 Å². The number of hydrogen-bond donors (Lipinski definition) is 1. The van der Waals surface area contributed by atoms with E-state index in [9.17, 15) is 0 Å². The maximum Gasteiger partial charge on any atom is 0.103 e. The molecular formula is C17H19ClN2. The molecule has 0 aliphatic rings. The number of nitrogens with two attached hydrogens (primary N) is 1. The van der Waals surface area contributed by atoms with Crippen molar-refractivity contribution in [3.63, 3.8) is 0 Å². The third-order valence-corrected chi connectivity index (χ3v) is 3.56. The molecule has 0 fully saturated rings. The van der Waals surface area contributed by atoms with Crippen LogP contribution in [-0.2, 0) is 0 Å². The van der Waals surface area contributed by atoms with Crippen molar-refractivity contribution < 1.29 is 0 Å². The summed E-state index contributed by atoms with van der Waals surface area (Å²) in [5.41, 5.74) is 9.68. The van der Waals surface area contributed by atoms with Crippen molar-refractivity contribution in [3.05, 3.63) is 70.8 Å². The van der Waals surface area contributed by atoms with Gasteiger partial charge >= 0.3 is 0 Å². The zero-order valence-corrected chi connectivity index (χ0v) is 12.5. The van der Waals surface area contributed by atoms with E-state index in [2.05, 4.69) is 18.2 Å². The van der Waals surface area contributed by atoms with Gasteiger partial charge in [0.25, 0.3) is 0 Å². The van der Waals surface area contributed by atoms with E-state index in [4.69, 9.17) is 17.3 Å². The second-order valence-corrected chi connectivity index (χ2v) is 5.10. The number of halogens is 1. The predicted octanol–water partition coefficient (Wildman–Crippen LogP) is 4.47. The molecule has 0 heterocycles. The molecule has 20 heavy (non-hydrogen) atoms. The summed E-state index contributed by atoms with van der Waals surface area (Å²) in [6.45, 7) is 2.01. The molecule has 0 radical (unpaired) electrons. The van der Waals surface area contributed by atoms with Crippen LogP contribution in [0.5, 0.6) is 0 Å². The Morgan fingerprint density at radius 2 is 1.75 bits per heavy atom. The molecule has 2 N–H and O–H groups in total. The Hall–Kier alpha value is -1.77. The third kappa shape index (κ3) is 3.21. The van der Waals surface area contributed by atoms with E-state index in [-0.39, 0.29) is 6.17 Å². The lowest BCUT2D eigenvalue weighted by molar-refractivity contribution is 0.704. The largest absolute Gasteiger partial charge is 0.355 e. The van der Waals surface area contributed by atoms with Crippen LogP contribution in [0.2, 0.25) is 5.02 Å². The number of nitrogens with zero attached hydrogens (tertiary/aromatic N) is 1.